The molecule has 4 nitrogen and oxygen atoms in total. The molecule has 1 spiro atoms. The summed E-state index contributed by atoms with van der Waals surface area (Å²) in [5.41, 5.74) is -0.0758. The first-order chi connectivity index (χ1) is 7.17. The van der Waals surface area contributed by atoms with Gasteiger partial charge in [-0.25, -0.2) is 0 Å². The molecule has 0 atom stereocenters. The van der Waals surface area contributed by atoms with Crippen molar-refractivity contribution in [2.24, 2.45) is 5.41 Å². The smallest absolute Gasteiger partial charge is 0.243 e. The Kier molecular flexibility index (Phi) is 1.56. The standard InChI is InChI=1S/C11H13NO3/c1-7-8(13)11(3-2-4-11)10(14)12-5-6-15-9(7)12/h2-6H2,1H3. The molecule has 1 saturated carbocycles. The number of ether oxygens (including phenoxy) is 1. The van der Waals surface area contributed by atoms with Crippen LogP contribution in [0.15, 0.2) is 11.5 Å². The molecular formula is C11H13NO3. The largest absolute Gasteiger partial charge is 0.477 e. The number of allylic oxidation sites excluding steroid dienone is 1. The number of rotatable bonds is 0. The first-order valence-corrected chi connectivity index (χ1v) is 5.37. The number of amides is 1. The highest BCUT2D eigenvalue weighted by atomic mass is 16.5. The fourth-order valence-electron chi connectivity index (χ4n) is 2.70. The van der Waals surface area contributed by atoms with E-state index >= 15 is 0 Å². The number of fused-ring (bicyclic) bond motifs is 1. The van der Waals surface area contributed by atoms with E-state index < -0.39 is 5.41 Å². The number of Topliss-reactive ketones (excluding diaryl/α,β-unsaturated/α-hetero) is 1. The molecule has 1 amide bonds. The predicted molar refractivity (Wildman–Crippen MR) is 51.7 cm³/mol. The van der Waals surface area contributed by atoms with Gasteiger partial charge in [-0.05, 0) is 19.8 Å². The number of ketones is 1. The Bertz CT molecular complexity index is 393. The zero-order valence-electron chi connectivity index (χ0n) is 8.71. The van der Waals surface area contributed by atoms with E-state index in [1.54, 1.807) is 11.8 Å². The molecule has 3 rings (SSSR count). The van der Waals surface area contributed by atoms with Gasteiger partial charge in [0.2, 0.25) is 11.8 Å². The third-order valence-corrected chi connectivity index (χ3v) is 3.76. The van der Waals surface area contributed by atoms with Crippen molar-refractivity contribution in [1.82, 2.24) is 4.90 Å². The molecule has 0 aromatic rings. The molecular weight excluding hydrogens is 194 g/mol. The Balaban J connectivity index is 2.12. The van der Waals surface area contributed by atoms with Gasteiger partial charge in [0.1, 0.15) is 12.0 Å². The van der Waals surface area contributed by atoms with Crippen LogP contribution in [0, 0.1) is 5.41 Å². The van der Waals surface area contributed by atoms with Crippen LogP contribution in [0.4, 0.5) is 0 Å². The lowest BCUT2D eigenvalue weighted by Gasteiger charge is -2.43. The van der Waals surface area contributed by atoms with E-state index in [0.29, 0.717) is 37.4 Å². The van der Waals surface area contributed by atoms with Crippen LogP contribution >= 0.6 is 0 Å². The maximum Gasteiger partial charge on any atom is 0.243 e. The van der Waals surface area contributed by atoms with E-state index in [1.165, 1.54) is 0 Å². The predicted octanol–water partition coefficient (Wildman–Crippen LogP) is 0.830. The summed E-state index contributed by atoms with van der Waals surface area (Å²) in [7, 11) is 0. The second-order valence-electron chi connectivity index (χ2n) is 4.50. The van der Waals surface area contributed by atoms with E-state index in [9.17, 15) is 9.59 Å². The van der Waals surface area contributed by atoms with Gasteiger partial charge in [-0.1, -0.05) is 6.42 Å². The van der Waals surface area contributed by atoms with Gasteiger partial charge in [0, 0.05) is 0 Å². The molecule has 0 aromatic heterocycles. The van der Waals surface area contributed by atoms with Crippen molar-refractivity contribution < 1.29 is 14.3 Å². The zero-order valence-corrected chi connectivity index (χ0v) is 8.71. The minimum absolute atomic E-state index is 0.00750. The minimum Gasteiger partial charge on any atom is -0.477 e. The van der Waals surface area contributed by atoms with E-state index in [4.69, 9.17) is 4.74 Å². The summed E-state index contributed by atoms with van der Waals surface area (Å²) in [6.07, 6.45) is 2.41. The molecule has 0 N–H and O–H groups in total. The zero-order chi connectivity index (χ0) is 10.6. The van der Waals surface area contributed by atoms with E-state index in [1.807, 2.05) is 0 Å². The number of hydrogen-bond acceptors (Lipinski definition) is 3. The van der Waals surface area contributed by atoms with Crippen LogP contribution in [-0.2, 0) is 14.3 Å². The minimum atomic E-state index is -0.707. The van der Waals surface area contributed by atoms with Crippen molar-refractivity contribution >= 4 is 11.7 Å². The lowest BCUT2D eigenvalue weighted by molar-refractivity contribution is -0.155. The molecule has 15 heavy (non-hydrogen) atoms. The van der Waals surface area contributed by atoms with Crippen LogP contribution in [0.25, 0.3) is 0 Å². The second-order valence-corrected chi connectivity index (χ2v) is 4.50. The quantitative estimate of drug-likeness (QED) is 0.553. The molecule has 80 valence electrons. The lowest BCUT2D eigenvalue weighted by atomic mass is 9.62. The number of carbonyl (C=O) groups excluding carboxylic acids is 2. The van der Waals surface area contributed by atoms with Gasteiger partial charge in [-0.15, -0.1) is 0 Å². The molecule has 0 bridgehead atoms. The van der Waals surface area contributed by atoms with E-state index in [-0.39, 0.29) is 11.7 Å². The average Bonchev–Trinajstić information content (AvgIpc) is 2.61. The van der Waals surface area contributed by atoms with Crippen molar-refractivity contribution in [3.05, 3.63) is 11.5 Å². The highest BCUT2D eigenvalue weighted by Gasteiger charge is 2.57. The van der Waals surface area contributed by atoms with Crippen LogP contribution in [0.1, 0.15) is 26.2 Å². The average molecular weight is 207 g/mol. The summed E-state index contributed by atoms with van der Waals surface area (Å²) in [5, 5.41) is 0. The van der Waals surface area contributed by atoms with E-state index in [2.05, 4.69) is 0 Å². The summed E-state index contributed by atoms with van der Waals surface area (Å²) >= 11 is 0. The first kappa shape index (κ1) is 8.95. The van der Waals surface area contributed by atoms with Crippen LogP contribution in [0.3, 0.4) is 0 Å². The second kappa shape index (κ2) is 2.62. The van der Waals surface area contributed by atoms with Crippen LogP contribution < -0.4 is 0 Å². The fourth-order valence-corrected chi connectivity index (χ4v) is 2.70. The highest BCUT2D eigenvalue weighted by molar-refractivity contribution is 6.17. The topological polar surface area (TPSA) is 46.6 Å². The van der Waals surface area contributed by atoms with Crippen LogP contribution in [0.5, 0.6) is 0 Å². The van der Waals surface area contributed by atoms with Gasteiger partial charge < -0.3 is 4.74 Å². The number of hydrogen-bond donors (Lipinski definition) is 0. The van der Waals surface area contributed by atoms with Crippen molar-refractivity contribution in [2.45, 2.75) is 26.2 Å². The summed E-state index contributed by atoms with van der Waals surface area (Å²) in [5.74, 6) is 0.464. The van der Waals surface area contributed by atoms with Crippen molar-refractivity contribution in [3.8, 4) is 0 Å². The van der Waals surface area contributed by atoms with Crippen LogP contribution in [-0.4, -0.2) is 29.7 Å². The van der Waals surface area contributed by atoms with Crippen molar-refractivity contribution in [2.75, 3.05) is 13.2 Å². The van der Waals surface area contributed by atoms with Gasteiger partial charge in [-0.3, -0.25) is 14.5 Å². The molecule has 2 aliphatic heterocycles. The first-order valence-electron chi connectivity index (χ1n) is 5.37. The summed E-state index contributed by atoms with van der Waals surface area (Å²) in [4.78, 5) is 25.9. The van der Waals surface area contributed by atoms with E-state index in [0.717, 1.165) is 6.42 Å². The molecule has 1 saturated heterocycles. The maximum atomic E-state index is 12.2. The van der Waals surface area contributed by atoms with Crippen LogP contribution in [0.2, 0.25) is 0 Å². The summed E-state index contributed by atoms with van der Waals surface area (Å²) < 4.78 is 5.34. The van der Waals surface area contributed by atoms with Gasteiger partial charge in [0.15, 0.2) is 5.78 Å². The Morgan fingerprint density at radius 2 is 2.07 bits per heavy atom. The molecule has 0 radical (unpaired) electrons. The number of nitrogens with zero attached hydrogens (tertiary/aromatic N) is 1. The molecule has 2 fully saturated rings. The normalized spacial score (nSPS) is 27.9. The Hall–Kier alpha value is -1.32. The molecule has 0 aromatic carbocycles. The number of carbonyl (C=O) groups is 2. The summed E-state index contributed by atoms with van der Waals surface area (Å²) in [6.45, 7) is 2.88. The Morgan fingerprint density at radius 1 is 1.33 bits per heavy atom. The molecule has 2 heterocycles. The molecule has 3 aliphatic rings. The Labute approximate surface area is 87.9 Å². The fraction of sp³-hybridized carbons (Fsp3) is 0.636. The third kappa shape index (κ3) is 0.874. The highest BCUT2D eigenvalue weighted by Crippen LogP contribution is 2.49. The lowest BCUT2D eigenvalue weighted by Crippen LogP contribution is -2.55. The van der Waals surface area contributed by atoms with Gasteiger partial charge in [0.05, 0.1) is 12.1 Å². The summed E-state index contributed by atoms with van der Waals surface area (Å²) in [6, 6.07) is 0. The van der Waals surface area contributed by atoms with Gasteiger partial charge in [0.25, 0.3) is 0 Å². The third-order valence-electron chi connectivity index (χ3n) is 3.76. The van der Waals surface area contributed by atoms with Crippen molar-refractivity contribution in [1.29, 1.82) is 0 Å². The maximum absolute atomic E-state index is 12.2. The monoisotopic (exact) mass is 207 g/mol. The molecule has 1 aliphatic carbocycles. The SMILES string of the molecule is CC1=C2OCCN2C(=O)C2(CCC2)C1=O. The van der Waals surface area contributed by atoms with Gasteiger partial charge >= 0.3 is 0 Å². The van der Waals surface area contributed by atoms with Gasteiger partial charge in [-0.2, -0.15) is 0 Å². The van der Waals surface area contributed by atoms with Crippen molar-refractivity contribution in [3.63, 3.8) is 0 Å². The Morgan fingerprint density at radius 3 is 2.67 bits per heavy atom. The molecule has 0 unspecified atom stereocenters. The molecule has 4 heteroatoms.